The Bertz CT molecular complexity index is 195. The molecule has 1 rings (SSSR count). The topological polar surface area (TPSA) is 25.8 Å². The molecule has 74 valence electrons. The molecule has 0 spiro atoms. The van der Waals surface area contributed by atoms with Gasteiger partial charge in [-0.1, -0.05) is 27.7 Å². The highest BCUT2D eigenvalue weighted by atomic mass is 14.8. The van der Waals surface area contributed by atoms with E-state index >= 15 is 0 Å². The van der Waals surface area contributed by atoms with Crippen LogP contribution in [0.5, 0.6) is 0 Å². The van der Waals surface area contributed by atoms with Gasteiger partial charge in [-0.3, -0.25) is 0 Å². The molecule has 0 bridgehead atoms. The summed E-state index contributed by atoms with van der Waals surface area (Å²) in [7, 11) is 0. The normalized spacial score (nSPS) is 9.31. The van der Waals surface area contributed by atoms with Gasteiger partial charge >= 0.3 is 0 Å². The second kappa shape index (κ2) is 7.71. The first-order valence-electron chi connectivity index (χ1n) is 5.04. The van der Waals surface area contributed by atoms with Crippen molar-refractivity contribution in [2.75, 3.05) is 0 Å². The van der Waals surface area contributed by atoms with Gasteiger partial charge < -0.3 is 0 Å². The first-order valence-corrected chi connectivity index (χ1v) is 5.04. The van der Waals surface area contributed by atoms with Gasteiger partial charge in [-0.25, -0.2) is 9.97 Å². The highest BCUT2D eigenvalue weighted by Gasteiger charge is 1.96. The Morgan fingerprint density at radius 2 is 2.00 bits per heavy atom. The third-order valence-corrected chi connectivity index (χ3v) is 1.62. The smallest absolute Gasteiger partial charge is 0.115 e. The fourth-order valence-corrected chi connectivity index (χ4v) is 0.903. The molecule has 0 atom stereocenters. The summed E-state index contributed by atoms with van der Waals surface area (Å²) in [6.07, 6.45) is 5.68. The molecule has 13 heavy (non-hydrogen) atoms. The zero-order valence-electron chi connectivity index (χ0n) is 9.12. The van der Waals surface area contributed by atoms with Gasteiger partial charge in [0, 0.05) is 11.9 Å². The zero-order chi connectivity index (χ0) is 10.1. The summed E-state index contributed by atoms with van der Waals surface area (Å²) in [6.45, 7) is 8.45. The fraction of sp³-hybridized carbons (Fsp3) is 0.636. The number of rotatable bonds is 3. The number of hydrogen-bond acceptors (Lipinski definition) is 2. The SMILES string of the molecule is CC.CC(C)CCc1ccncn1. The molecule has 0 saturated heterocycles. The third kappa shape index (κ3) is 6.26. The lowest BCUT2D eigenvalue weighted by molar-refractivity contribution is 0.581. The van der Waals surface area contributed by atoms with Gasteiger partial charge in [-0.05, 0) is 24.8 Å². The molecule has 0 saturated carbocycles. The van der Waals surface area contributed by atoms with Crippen LogP contribution in [0.15, 0.2) is 18.6 Å². The van der Waals surface area contributed by atoms with Crippen LogP contribution in [0.4, 0.5) is 0 Å². The Kier molecular flexibility index (Phi) is 7.17. The fourth-order valence-electron chi connectivity index (χ4n) is 0.903. The lowest BCUT2D eigenvalue weighted by Crippen LogP contribution is -1.94. The molecule has 2 heteroatoms. The van der Waals surface area contributed by atoms with Gasteiger partial charge in [-0.15, -0.1) is 0 Å². The lowest BCUT2D eigenvalue weighted by Gasteiger charge is -2.02. The number of aryl methyl sites for hydroxylation is 1. The van der Waals surface area contributed by atoms with Gasteiger partial charge in [0.15, 0.2) is 0 Å². The maximum Gasteiger partial charge on any atom is 0.115 e. The van der Waals surface area contributed by atoms with Crippen molar-refractivity contribution < 1.29 is 0 Å². The Balaban J connectivity index is 0.000000671. The van der Waals surface area contributed by atoms with Crippen LogP contribution in [0.2, 0.25) is 0 Å². The predicted octanol–water partition coefficient (Wildman–Crippen LogP) is 3.09. The minimum Gasteiger partial charge on any atom is -0.245 e. The van der Waals surface area contributed by atoms with Gasteiger partial charge in [0.1, 0.15) is 6.33 Å². The first-order chi connectivity index (χ1) is 6.29. The molecule has 0 aliphatic carbocycles. The second-order valence-electron chi connectivity index (χ2n) is 3.13. The van der Waals surface area contributed by atoms with Gasteiger partial charge in [0.25, 0.3) is 0 Å². The molecule has 0 amide bonds. The Hall–Kier alpha value is -0.920. The molecule has 1 aromatic heterocycles. The lowest BCUT2D eigenvalue weighted by atomic mass is 10.1. The zero-order valence-corrected chi connectivity index (χ0v) is 9.12. The molecule has 0 N–H and O–H groups in total. The molecule has 1 heterocycles. The van der Waals surface area contributed by atoms with Crippen molar-refractivity contribution in [3.8, 4) is 0 Å². The van der Waals surface area contributed by atoms with Crippen molar-refractivity contribution in [2.45, 2.75) is 40.5 Å². The van der Waals surface area contributed by atoms with E-state index in [1.807, 2.05) is 19.9 Å². The van der Waals surface area contributed by atoms with E-state index in [4.69, 9.17) is 0 Å². The summed E-state index contributed by atoms with van der Waals surface area (Å²) < 4.78 is 0. The van der Waals surface area contributed by atoms with E-state index in [0.29, 0.717) is 0 Å². The van der Waals surface area contributed by atoms with E-state index in [9.17, 15) is 0 Å². The summed E-state index contributed by atoms with van der Waals surface area (Å²) >= 11 is 0. The highest BCUT2D eigenvalue weighted by Crippen LogP contribution is 2.04. The summed E-state index contributed by atoms with van der Waals surface area (Å²) in [5.41, 5.74) is 1.15. The number of aromatic nitrogens is 2. The average molecular weight is 180 g/mol. The van der Waals surface area contributed by atoms with Gasteiger partial charge in [0.05, 0.1) is 0 Å². The van der Waals surface area contributed by atoms with Crippen LogP contribution in [-0.2, 0) is 6.42 Å². The average Bonchev–Trinajstić information content (AvgIpc) is 2.19. The predicted molar refractivity (Wildman–Crippen MR) is 56.5 cm³/mol. The van der Waals surface area contributed by atoms with E-state index in [-0.39, 0.29) is 0 Å². The Morgan fingerprint density at radius 1 is 1.31 bits per heavy atom. The Labute approximate surface area is 81.4 Å². The van der Waals surface area contributed by atoms with Gasteiger partial charge in [0.2, 0.25) is 0 Å². The van der Waals surface area contributed by atoms with Crippen molar-refractivity contribution in [1.29, 1.82) is 0 Å². The van der Waals surface area contributed by atoms with Crippen LogP contribution in [0.1, 0.15) is 39.8 Å². The van der Waals surface area contributed by atoms with Crippen LogP contribution in [0.3, 0.4) is 0 Å². The molecule has 1 aromatic rings. The van der Waals surface area contributed by atoms with Crippen LogP contribution in [-0.4, -0.2) is 9.97 Å². The molecule has 0 aliphatic rings. The van der Waals surface area contributed by atoms with Crippen molar-refractivity contribution in [1.82, 2.24) is 9.97 Å². The monoisotopic (exact) mass is 180 g/mol. The number of nitrogens with zero attached hydrogens (tertiary/aromatic N) is 2. The van der Waals surface area contributed by atoms with Crippen molar-refractivity contribution >= 4 is 0 Å². The van der Waals surface area contributed by atoms with Crippen LogP contribution < -0.4 is 0 Å². The van der Waals surface area contributed by atoms with Crippen molar-refractivity contribution in [3.63, 3.8) is 0 Å². The summed E-state index contributed by atoms with van der Waals surface area (Å²) in [6, 6.07) is 1.97. The molecule has 0 aromatic carbocycles. The standard InChI is InChI=1S/C9H14N2.C2H6/c1-8(2)3-4-9-5-6-10-7-11-9;1-2/h5-8H,3-4H2,1-2H3;1-2H3. The molecule has 0 fully saturated rings. The van der Waals surface area contributed by atoms with Crippen LogP contribution in [0.25, 0.3) is 0 Å². The first kappa shape index (κ1) is 12.1. The van der Waals surface area contributed by atoms with E-state index in [1.165, 1.54) is 6.42 Å². The molecule has 2 nitrogen and oxygen atoms in total. The quantitative estimate of drug-likeness (QED) is 0.714. The maximum atomic E-state index is 4.14. The largest absolute Gasteiger partial charge is 0.245 e. The third-order valence-electron chi connectivity index (χ3n) is 1.62. The molecule has 0 aliphatic heterocycles. The minimum absolute atomic E-state index is 0.755. The summed E-state index contributed by atoms with van der Waals surface area (Å²) in [4.78, 5) is 8.00. The van der Waals surface area contributed by atoms with Crippen molar-refractivity contribution in [3.05, 3.63) is 24.3 Å². The van der Waals surface area contributed by atoms with Crippen molar-refractivity contribution in [2.24, 2.45) is 5.92 Å². The molecule has 0 radical (unpaired) electrons. The summed E-state index contributed by atoms with van der Waals surface area (Å²) in [5.74, 6) is 0.755. The molecular weight excluding hydrogens is 160 g/mol. The Morgan fingerprint density at radius 3 is 2.46 bits per heavy atom. The van der Waals surface area contributed by atoms with Crippen LogP contribution in [0, 0.1) is 5.92 Å². The maximum absolute atomic E-state index is 4.14. The molecular formula is C11H20N2. The van der Waals surface area contributed by atoms with Gasteiger partial charge in [-0.2, -0.15) is 0 Å². The van der Waals surface area contributed by atoms with E-state index < -0.39 is 0 Å². The minimum atomic E-state index is 0.755. The summed E-state index contributed by atoms with van der Waals surface area (Å²) in [5, 5.41) is 0. The van der Waals surface area contributed by atoms with E-state index in [0.717, 1.165) is 18.0 Å². The highest BCUT2D eigenvalue weighted by molar-refractivity contribution is 4.97. The second-order valence-corrected chi connectivity index (χ2v) is 3.13. The van der Waals surface area contributed by atoms with E-state index in [1.54, 1.807) is 12.5 Å². The van der Waals surface area contributed by atoms with E-state index in [2.05, 4.69) is 23.8 Å². The van der Waals surface area contributed by atoms with Crippen LogP contribution >= 0.6 is 0 Å². The molecule has 0 unspecified atom stereocenters. The number of hydrogen-bond donors (Lipinski definition) is 0.